The first kappa shape index (κ1) is 12.9. The molecule has 1 atom stereocenters. The summed E-state index contributed by atoms with van der Waals surface area (Å²) in [4.78, 5) is 14.7. The molecule has 2 bridgehead atoms. The molecule has 1 N–H and O–H groups in total. The van der Waals surface area contributed by atoms with Gasteiger partial charge < -0.3 is 10.2 Å². The highest BCUT2D eigenvalue weighted by molar-refractivity contribution is 6.33. The van der Waals surface area contributed by atoms with Gasteiger partial charge in [-0.25, -0.2) is 0 Å². The lowest BCUT2D eigenvalue weighted by molar-refractivity contribution is 0.0620. The molecule has 1 amide bonds. The summed E-state index contributed by atoms with van der Waals surface area (Å²) in [5, 5.41) is 3.70. The molecule has 102 valence electrons. The van der Waals surface area contributed by atoms with Crippen LogP contribution in [0.1, 0.15) is 28.8 Å². The number of nitrogens with one attached hydrogen (secondary N) is 1. The van der Waals surface area contributed by atoms with Crippen molar-refractivity contribution in [2.45, 2.75) is 25.8 Å². The number of piperidine rings is 3. The van der Waals surface area contributed by atoms with Crippen LogP contribution in [0.15, 0.2) is 18.2 Å². The minimum absolute atomic E-state index is 0.0382. The molecule has 0 spiro atoms. The molecule has 3 fully saturated rings. The molecule has 3 saturated heterocycles. The number of benzene rings is 1. The predicted molar refractivity (Wildman–Crippen MR) is 76.6 cm³/mol. The van der Waals surface area contributed by atoms with E-state index in [9.17, 15) is 4.79 Å². The summed E-state index contributed by atoms with van der Waals surface area (Å²) >= 11 is 6.15. The van der Waals surface area contributed by atoms with Crippen LogP contribution in [0, 0.1) is 12.8 Å². The third-order valence-electron chi connectivity index (χ3n) is 4.34. The number of rotatable bonds is 2. The van der Waals surface area contributed by atoms with E-state index in [1.807, 2.05) is 25.1 Å². The normalized spacial score (nSPS) is 29.3. The molecule has 4 heteroatoms. The summed E-state index contributed by atoms with van der Waals surface area (Å²) in [6, 6.07) is 5.87. The fourth-order valence-corrected chi connectivity index (χ4v) is 3.50. The van der Waals surface area contributed by atoms with Crippen LogP contribution in [-0.4, -0.2) is 36.5 Å². The zero-order valence-electron chi connectivity index (χ0n) is 11.2. The van der Waals surface area contributed by atoms with E-state index in [1.165, 1.54) is 25.9 Å². The maximum Gasteiger partial charge on any atom is 0.253 e. The molecule has 1 aromatic rings. The van der Waals surface area contributed by atoms with E-state index in [0.29, 0.717) is 16.5 Å². The number of aryl methyl sites for hydroxylation is 1. The van der Waals surface area contributed by atoms with Crippen LogP contribution in [0.5, 0.6) is 0 Å². The average Bonchev–Trinajstić information content (AvgIpc) is 2.39. The van der Waals surface area contributed by atoms with E-state index in [2.05, 4.69) is 10.2 Å². The summed E-state index contributed by atoms with van der Waals surface area (Å²) in [7, 11) is 0. The van der Waals surface area contributed by atoms with E-state index < -0.39 is 0 Å². The highest BCUT2D eigenvalue weighted by atomic mass is 35.5. The summed E-state index contributed by atoms with van der Waals surface area (Å²) < 4.78 is 0. The van der Waals surface area contributed by atoms with E-state index in [0.717, 1.165) is 12.1 Å². The van der Waals surface area contributed by atoms with Gasteiger partial charge in [-0.3, -0.25) is 4.79 Å². The van der Waals surface area contributed by atoms with Crippen molar-refractivity contribution in [3.05, 3.63) is 34.3 Å². The van der Waals surface area contributed by atoms with Gasteiger partial charge in [-0.2, -0.15) is 0 Å². The van der Waals surface area contributed by atoms with Gasteiger partial charge in [-0.1, -0.05) is 17.7 Å². The summed E-state index contributed by atoms with van der Waals surface area (Å²) in [5.74, 6) is 0.599. The van der Waals surface area contributed by atoms with Crippen molar-refractivity contribution >= 4 is 17.5 Å². The summed E-state index contributed by atoms with van der Waals surface area (Å²) in [6.07, 6.45) is 2.40. The van der Waals surface area contributed by atoms with Crippen molar-refractivity contribution in [3.63, 3.8) is 0 Å². The minimum atomic E-state index is -0.0382. The Bertz CT molecular complexity index is 495. The molecule has 19 heavy (non-hydrogen) atoms. The Kier molecular flexibility index (Phi) is 3.50. The predicted octanol–water partition coefficient (Wildman–Crippen LogP) is 2.47. The molecule has 0 saturated carbocycles. The number of hydrogen-bond acceptors (Lipinski definition) is 2. The van der Waals surface area contributed by atoms with E-state index in [-0.39, 0.29) is 11.9 Å². The maximum absolute atomic E-state index is 12.3. The Morgan fingerprint density at radius 1 is 1.37 bits per heavy atom. The fraction of sp³-hybridized carbons (Fsp3) is 0.533. The SMILES string of the molecule is Cc1ccc(C(=O)NC2CN3CCC2CC3)c(Cl)c1. The summed E-state index contributed by atoms with van der Waals surface area (Å²) in [5.41, 5.74) is 1.66. The lowest BCUT2D eigenvalue weighted by Crippen LogP contribution is -2.57. The summed E-state index contributed by atoms with van der Waals surface area (Å²) in [6.45, 7) is 5.32. The molecular weight excluding hydrogens is 260 g/mol. The van der Waals surface area contributed by atoms with Crippen molar-refractivity contribution in [2.75, 3.05) is 19.6 Å². The second-order valence-corrected chi connectivity index (χ2v) is 6.11. The molecule has 0 aliphatic carbocycles. The van der Waals surface area contributed by atoms with Crippen molar-refractivity contribution in [1.29, 1.82) is 0 Å². The zero-order valence-corrected chi connectivity index (χ0v) is 11.9. The highest BCUT2D eigenvalue weighted by Gasteiger charge is 2.35. The first-order valence-corrected chi connectivity index (χ1v) is 7.30. The molecular formula is C15H19ClN2O. The molecule has 0 aromatic heterocycles. The van der Waals surface area contributed by atoms with Crippen LogP contribution in [-0.2, 0) is 0 Å². The molecule has 3 aliphatic rings. The van der Waals surface area contributed by atoms with Gasteiger partial charge in [0.05, 0.1) is 10.6 Å². The van der Waals surface area contributed by atoms with Crippen LogP contribution in [0.2, 0.25) is 5.02 Å². The first-order valence-electron chi connectivity index (χ1n) is 6.93. The fourth-order valence-electron chi connectivity index (χ4n) is 3.18. The Hall–Kier alpha value is -1.06. The highest BCUT2D eigenvalue weighted by Crippen LogP contribution is 2.28. The Morgan fingerprint density at radius 2 is 2.11 bits per heavy atom. The van der Waals surface area contributed by atoms with Gasteiger partial charge in [-0.15, -0.1) is 0 Å². The Morgan fingerprint density at radius 3 is 2.68 bits per heavy atom. The van der Waals surface area contributed by atoms with Gasteiger partial charge in [0.15, 0.2) is 0 Å². The van der Waals surface area contributed by atoms with Gasteiger partial charge in [0.25, 0.3) is 5.91 Å². The van der Waals surface area contributed by atoms with Gasteiger partial charge in [-0.05, 0) is 56.5 Å². The number of nitrogens with zero attached hydrogens (tertiary/aromatic N) is 1. The number of halogens is 1. The van der Waals surface area contributed by atoms with Gasteiger partial charge in [0.2, 0.25) is 0 Å². The lowest BCUT2D eigenvalue weighted by Gasteiger charge is -2.44. The van der Waals surface area contributed by atoms with Crippen LogP contribution in [0.25, 0.3) is 0 Å². The number of hydrogen-bond donors (Lipinski definition) is 1. The maximum atomic E-state index is 12.3. The Balaban J connectivity index is 1.71. The van der Waals surface area contributed by atoms with Crippen LogP contribution in [0.3, 0.4) is 0 Å². The molecule has 1 aromatic carbocycles. The molecule has 1 unspecified atom stereocenters. The first-order chi connectivity index (χ1) is 9.13. The monoisotopic (exact) mass is 278 g/mol. The topological polar surface area (TPSA) is 32.3 Å². The number of carbonyl (C=O) groups is 1. The number of fused-ring (bicyclic) bond motifs is 3. The molecule has 3 aliphatic heterocycles. The van der Waals surface area contributed by atoms with Crippen molar-refractivity contribution < 1.29 is 4.79 Å². The van der Waals surface area contributed by atoms with Crippen molar-refractivity contribution in [2.24, 2.45) is 5.92 Å². The van der Waals surface area contributed by atoms with Crippen LogP contribution in [0.4, 0.5) is 0 Å². The third-order valence-corrected chi connectivity index (χ3v) is 4.65. The van der Waals surface area contributed by atoms with Crippen LogP contribution < -0.4 is 5.32 Å². The van der Waals surface area contributed by atoms with E-state index >= 15 is 0 Å². The van der Waals surface area contributed by atoms with Crippen LogP contribution >= 0.6 is 11.6 Å². The van der Waals surface area contributed by atoms with Gasteiger partial charge in [0.1, 0.15) is 0 Å². The van der Waals surface area contributed by atoms with E-state index in [1.54, 1.807) is 0 Å². The molecule has 4 rings (SSSR count). The average molecular weight is 279 g/mol. The number of carbonyl (C=O) groups excluding carboxylic acids is 1. The Labute approximate surface area is 118 Å². The van der Waals surface area contributed by atoms with E-state index in [4.69, 9.17) is 11.6 Å². The number of amides is 1. The molecule has 3 heterocycles. The second-order valence-electron chi connectivity index (χ2n) is 5.70. The van der Waals surface area contributed by atoms with Gasteiger partial charge >= 0.3 is 0 Å². The van der Waals surface area contributed by atoms with Crippen molar-refractivity contribution in [1.82, 2.24) is 10.2 Å². The second kappa shape index (κ2) is 5.14. The molecule has 0 radical (unpaired) electrons. The molecule has 3 nitrogen and oxygen atoms in total. The smallest absolute Gasteiger partial charge is 0.253 e. The lowest BCUT2D eigenvalue weighted by atomic mass is 9.84. The minimum Gasteiger partial charge on any atom is -0.348 e. The third kappa shape index (κ3) is 2.63. The quantitative estimate of drug-likeness (QED) is 0.901. The standard InChI is InChI=1S/C15H19ClN2O/c1-10-2-3-12(13(16)8-10)15(19)17-14-9-18-6-4-11(14)5-7-18/h2-3,8,11,14H,4-7,9H2,1H3,(H,17,19). The zero-order chi connectivity index (χ0) is 13.4. The largest absolute Gasteiger partial charge is 0.348 e. The van der Waals surface area contributed by atoms with Crippen molar-refractivity contribution in [3.8, 4) is 0 Å². The van der Waals surface area contributed by atoms with Gasteiger partial charge in [0, 0.05) is 12.6 Å².